The number of halogens is 5. The van der Waals surface area contributed by atoms with Crippen molar-refractivity contribution < 1.29 is 41.0 Å². The van der Waals surface area contributed by atoms with Crippen LogP contribution in [0.3, 0.4) is 0 Å². The fraction of sp³-hybridized carbons (Fsp3) is 0.300. The van der Waals surface area contributed by atoms with E-state index in [0.717, 1.165) is 12.1 Å². The van der Waals surface area contributed by atoms with E-state index in [0.29, 0.717) is 5.56 Å². The number of nitrogens with one attached hydrogen (secondary N) is 1. The summed E-state index contributed by atoms with van der Waals surface area (Å²) in [6, 6.07) is 8.26. The molecule has 0 bridgehead atoms. The normalized spacial score (nSPS) is 22.0. The number of nitrogens with zero attached hydrogens (tertiary/aromatic N) is 1. The van der Waals surface area contributed by atoms with Gasteiger partial charge in [-0.1, -0.05) is 18.2 Å². The van der Waals surface area contributed by atoms with Crippen molar-refractivity contribution in [1.82, 2.24) is 4.90 Å². The number of anilines is 1. The molecular weight excluding hydrogens is 427 g/mol. The third-order valence-electron chi connectivity index (χ3n) is 5.14. The Balaban J connectivity index is 1.63. The van der Waals surface area contributed by atoms with Crippen LogP contribution in [0.5, 0.6) is 11.5 Å². The first-order chi connectivity index (χ1) is 14.5. The molecule has 0 spiro atoms. The first kappa shape index (κ1) is 20.9. The Morgan fingerprint density at radius 3 is 2.52 bits per heavy atom. The van der Waals surface area contributed by atoms with Gasteiger partial charge in [-0.25, -0.2) is 0 Å². The summed E-state index contributed by atoms with van der Waals surface area (Å²) in [6.45, 7) is 0.0634. The number of carbonyl (C=O) groups excluding carboxylic acids is 2. The van der Waals surface area contributed by atoms with Crippen molar-refractivity contribution in [3.05, 3.63) is 53.6 Å². The van der Waals surface area contributed by atoms with E-state index in [1.807, 2.05) is 0 Å². The molecule has 0 unspecified atom stereocenters. The van der Waals surface area contributed by atoms with Crippen LogP contribution < -0.4 is 14.8 Å². The van der Waals surface area contributed by atoms with Gasteiger partial charge < -0.3 is 19.7 Å². The van der Waals surface area contributed by atoms with E-state index in [2.05, 4.69) is 14.8 Å². The zero-order valence-electron chi connectivity index (χ0n) is 15.9. The van der Waals surface area contributed by atoms with Gasteiger partial charge in [-0.05, 0) is 29.8 Å². The molecule has 164 valence electrons. The lowest BCUT2D eigenvalue weighted by Gasteiger charge is -2.19. The molecule has 2 atom stereocenters. The largest absolute Gasteiger partial charge is 0.586 e. The van der Waals surface area contributed by atoms with Crippen LogP contribution in [-0.4, -0.2) is 36.6 Å². The minimum absolute atomic E-state index is 0.0634. The number of rotatable bonds is 3. The lowest BCUT2D eigenvalue weighted by molar-refractivity contribution is -0.286. The van der Waals surface area contributed by atoms with Gasteiger partial charge in [-0.2, -0.15) is 13.2 Å². The van der Waals surface area contributed by atoms with Crippen molar-refractivity contribution in [2.45, 2.75) is 18.4 Å². The highest BCUT2D eigenvalue weighted by molar-refractivity contribution is 6.08. The highest BCUT2D eigenvalue weighted by Gasteiger charge is 2.47. The molecule has 2 aliphatic heterocycles. The summed E-state index contributed by atoms with van der Waals surface area (Å²) in [7, 11) is 1.44. The maximum Gasteiger partial charge on any atom is 0.586 e. The van der Waals surface area contributed by atoms with Gasteiger partial charge >= 0.3 is 12.5 Å². The summed E-state index contributed by atoms with van der Waals surface area (Å²) in [5.74, 6) is -4.14. The zero-order chi connectivity index (χ0) is 22.6. The third-order valence-corrected chi connectivity index (χ3v) is 5.14. The number of hydrogen-bond acceptors (Lipinski definition) is 4. The van der Waals surface area contributed by atoms with E-state index < -0.39 is 47.4 Å². The van der Waals surface area contributed by atoms with Gasteiger partial charge in [0, 0.05) is 19.5 Å². The van der Waals surface area contributed by atoms with Gasteiger partial charge in [-0.3, -0.25) is 9.59 Å². The van der Waals surface area contributed by atoms with E-state index in [4.69, 9.17) is 0 Å². The van der Waals surface area contributed by atoms with E-state index >= 15 is 0 Å². The van der Waals surface area contributed by atoms with Crippen molar-refractivity contribution in [3.8, 4) is 11.5 Å². The number of hydrogen-bond donors (Lipinski definition) is 1. The Hall–Kier alpha value is -3.37. The Labute approximate surface area is 172 Å². The van der Waals surface area contributed by atoms with E-state index in [9.17, 15) is 31.5 Å². The Morgan fingerprint density at radius 2 is 1.81 bits per heavy atom. The second kappa shape index (κ2) is 7.10. The molecule has 1 saturated heterocycles. The third kappa shape index (κ3) is 3.87. The topological polar surface area (TPSA) is 67.9 Å². The van der Waals surface area contributed by atoms with E-state index in [1.54, 1.807) is 0 Å². The molecule has 2 aromatic rings. The molecule has 0 aromatic heterocycles. The second-order valence-electron chi connectivity index (χ2n) is 7.21. The maximum atomic E-state index is 13.3. The molecule has 6 nitrogen and oxygen atoms in total. The number of ether oxygens (including phenoxy) is 2. The first-order valence-corrected chi connectivity index (χ1v) is 9.08. The van der Waals surface area contributed by atoms with Crippen LogP contribution in [-0.2, 0) is 15.8 Å². The molecule has 2 aromatic carbocycles. The maximum absolute atomic E-state index is 13.3. The van der Waals surface area contributed by atoms with Crippen LogP contribution in [0, 0.1) is 5.92 Å². The first-order valence-electron chi connectivity index (χ1n) is 9.08. The predicted molar refractivity (Wildman–Crippen MR) is 96.6 cm³/mol. The number of para-hydroxylation sites is 1. The molecule has 31 heavy (non-hydrogen) atoms. The Bertz CT molecular complexity index is 1060. The van der Waals surface area contributed by atoms with Crippen LogP contribution in [0.15, 0.2) is 42.5 Å². The number of carbonyl (C=O) groups is 2. The Morgan fingerprint density at radius 1 is 1.13 bits per heavy atom. The summed E-state index contributed by atoms with van der Waals surface area (Å²) in [5, 5.41) is 2.19. The van der Waals surface area contributed by atoms with Gasteiger partial charge in [-0.15, -0.1) is 8.78 Å². The number of amides is 2. The number of fused-ring (bicyclic) bond motifs is 1. The predicted octanol–water partition coefficient (Wildman–Crippen LogP) is 3.84. The van der Waals surface area contributed by atoms with Crippen molar-refractivity contribution >= 4 is 17.5 Å². The van der Waals surface area contributed by atoms with Crippen molar-refractivity contribution in [1.29, 1.82) is 0 Å². The molecule has 2 heterocycles. The fourth-order valence-corrected chi connectivity index (χ4v) is 3.74. The van der Waals surface area contributed by atoms with Gasteiger partial charge in [0.15, 0.2) is 11.5 Å². The number of alkyl halides is 5. The average molecular weight is 442 g/mol. The van der Waals surface area contributed by atoms with Crippen LogP contribution >= 0.6 is 0 Å². The highest BCUT2D eigenvalue weighted by atomic mass is 19.4. The van der Waals surface area contributed by atoms with Crippen molar-refractivity contribution in [2.75, 3.05) is 18.9 Å². The smallest absolute Gasteiger partial charge is 0.395 e. The molecule has 1 N–H and O–H groups in total. The molecule has 0 saturated carbocycles. The summed E-state index contributed by atoms with van der Waals surface area (Å²) < 4.78 is 75.0. The van der Waals surface area contributed by atoms with Crippen LogP contribution in [0.2, 0.25) is 0 Å². The second-order valence-corrected chi connectivity index (χ2v) is 7.21. The number of likely N-dealkylation sites (tertiary alicyclic amines) is 1. The van der Waals surface area contributed by atoms with E-state index in [1.165, 1.54) is 42.3 Å². The van der Waals surface area contributed by atoms with Crippen LogP contribution in [0.25, 0.3) is 0 Å². The molecular formula is C20H15F5N2O4. The minimum Gasteiger partial charge on any atom is -0.395 e. The summed E-state index contributed by atoms with van der Waals surface area (Å²) in [5.41, 5.74) is -1.20. The standard InChI is InChI=1S/C20H15F5N2O4/c1-27-9-11(10-6-7-14-15(8-10)31-20(24,25)30-14)16(18(27)29)17(28)26-13-5-3-2-4-12(13)19(21,22)23/h2-8,11,16H,9H2,1H3,(H,26,28)/t11-,16+/m1/s1. The summed E-state index contributed by atoms with van der Waals surface area (Å²) in [6.07, 6.45) is -8.54. The zero-order valence-corrected chi connectivity index (χ0v) is 15.9. The highest BCUT2D eigenvalue weighted by Crippen LogP contribution is 2.44. The number of benzene rings is 2. The molecule has 0 aliphatic carbocycles. The van der Waals surface area contributed by atoms with Crippen molar-refractivity contribution in [2.24, 2.45) is 5.92 Å². The number of likely N-dealkylation sites (N-methyl/N-ethyl adjacent to an activating group) is 1. The molecule has 2 amide bonds. The van der Waals surface area contributed by atoms with Gasteiger partial charge in [0.1, 0.15) is 5.92 Å². The molecule has 1 fully saturated rings. The molecule has 11 heteroatoms. The van der Waals surface area contributed by atoms with Gasteiger partial charge in [0.05, 0.1) is 11.3 Å². The Kier molecular flexibility index (Phi) is 4.78. The molecule has 4 rings (SSSR count). The monoisotopic (exact) mass is 442 g/mol. The molecule has 0 radical (unpaired) electrons. The SMILES string of the molecule is CN1C[C@H](c2ccc3c(c2)OC(F)(F)O3)[C@@H](C(=O)Nc2ccccc2C(F)(F)F)C1=O. The van der Waals surface area contributed by atoms with Gasteiger partial charge in [0.25, 0.3) is 0 Å². The summed E-state index contributed by atoms with van der Waals surface area (Å²) >= 11 is 0. The average Bonchev–Trinajstić information content (AvgIpc) is 3.15. The van der Waals surface area contributed by atoms with Crippen LogP contribution in [0.1, 0.15) is 17.0 Å². The lowest BCUT2D eigenvalue weighted by atomic mass is 9.87. The fourth-order valence-electron chi connectivity index (χ4n) is 3.74. The lowest BCUT2D eigenvalue weighted by Crippen LogP contribution is -2.33. The summed E-state index contributed by atoms with van der Waals surface area (Å²) in [4.78, 5) is 26.7. The quantitative estimate of drug-likeness (QED) is 0.580. The van der Waals surface area contributed by atoms with E-state index in [-0.39, 0.29) is 18.0 Å². The van der Waals surface area contributed by atoms with Crippen molar-refractivity contribution in [3.63, 3.8) is 0 Å². The molecule has 2 aliphatic rings. The van der Waals surface area contributed by atoms with Gasteiger partial charge in [0.2, 0.25) is 11.8 Å². The minimum atomic E-state index is -4.71. The van der Waals surface area contributed by atoms with Crippen LogP contribution in [0.4, 0.5) is 27.6 Å².